The lowest BCUT2D eigenvalue weighted by molar-refractivity contribution is -0.126. The second kappa shape index (κ2) is 8.63. The van der Waals surface area contributed by atoms with Crippen molar-refractivity contribution in [2.75, 3.05) is 13.1 Å². The predicted octanol–water partition coefficient (Wildman–Crippen LogP) is 4.55. The molecule has 1 saturated carbocycles. The van der Waals surface area contributed by atoms with Crippen LogP contribution in [0.4, 0.5) is 0 Å². The van der Waals surface area contributed by atoms with Gasteiger partial charge in [0, 0.05) is 18.7 Å². The van der Waals surface area contributed by atoms with Gasteiger partial charge in [0.1, 0.15) is 0 Å². The van der Waals surface area contributed by atoms with E-state index in [9.17, 15) is 9.59 Å². The zero-order valence-electron chi connectivity index (χ0n) is 18.1. The topological polar surface area (TPSA) is 49.4 Å². The van der Waals surface area contributed by atoms with Crippen LogP contribution in [0.25, 0.3) is 0 Å². The van der Waals surface area contributed by atoms with Gasteiger partial charge >= 0.3 is 0 Å². The normalized spacial score (nSPS) is 19.9. The van der Waals surface area contributed by atoms with Crippen LogP contribution in [0.1, 0.15) is 66.9 Å². The van der Waals surface area contributed by atoms with Crippen molar-refractivity contribution in [3.63, 3.8) is 0 Å². The zero-order chi connectivity index (χ0) is 21.1. The van der Waals surface area contributed by atoms with Crippen LogP contribution in [-0.2, 0) is 11.2 Å². The summed E-state index contributed by atoms with van der Waals surface area (Å²) < 4.78 is 0. The molecule has 0 bridgehead atoms. The number of amides is 2. The Kier molecular flexibility index (Phi) is 5.94. The van der Waals surface area contributed by atoms with Crippen molar-refractivity contribution in [3.05, 3.63) is 71.3 Å². The number of carbonyl (C=O) groups is 2. The molecule has 1 unspecified atom stereocenters. The van der Waals surface area contributed by atoms with Gasteiger partial charge in [-0.25, -0.2) is 0 Å². The lowest BCUT2D eigenvalue weighted by atomic mass is 9.70. The molecule has 1 fully saturated rings. The Morgan fingerprint density at radius 2 is 1.73 bits per heavy atom. The van der Waals surface area contributed by atoms with Crippen molar-refractivity contribution in [2.24, 2.45) is 5.92 Å². The first-order chi connectivity index (χ1) is 14.5. The van der Waals surface area contributed by atoms with E-state index in [1.165, 1.54) is 5.56 Å². The molecule has 4 nitrogen and oxygen atoms in total. The van der Waals surface area contributed by atoms with Crippen LogP contribution >= 0.6 is 0 Å². The van der Waals surface area contributed by atoms with Gasteiger partial charge in [-0.3, -0.25) is 9.59 Å². The molecule has 2 amide bonds. The van der Waals surface area contributed by atoms with Crippen LogP contribution in [0.3, 0.4) is 0 Å². The third-order valence-electron chi connectivity index (χ3n) is 6.66. The Balaban J connectivity index is 1.65. The minimum Gasteiger partial charge on any atom is -0.355 e. The number of carbonyl (C=O) groups excluding carboxylic acids is 2. The molecule has 1 aliphatic carbocycles. The third-order valence-corrected chi connectivity index (χ3v) is 6.66. The third kappa shape index (κ3) is 3.76. The monoisotopic (exact) mass is 404 g/mol. The summed E-state index contributed by atoms with van der Waals surface area (Å²) in [7, 11) is 0. The minimum absolute atomic E-state index is 0.0570. The summed E-state index contributed by atoms with van der Waals surface area (Å²) >= 11 is 0. The standard InChI is InChI=1S/C26H32N2O2/c1-19(2)18-28-25(30)22-13-7-6-12-21(22)23(26(28)15-8-9-16-26)24(29)27-17-14-20-10-4-3-5-11-20/h3-7,10-13,19,23H,8-9,14-18H2,1-2H3,(H,27,29). The summed E-state index contributed by atoms with van der Waals surface area (Å²) in [6, 6.07) is 18.0. The average molecular weight is 405 g/mol. The molecule has 0 radical (unpaired) electrons. The van der Waals surface area contributed by atoms with E-state index in [2.05, 4.69) is 36.2 Å². The van der Waals surface area contributed by atoms with E-state index in [4.69, 9.17) is 0 Å². The first-order valence-electron chi connectivity index (χ1n) is 11.3. The van der Waals surface area contributed by atoms with Gasteiger partial charge < -0.3 is 10.2 Å². The van der Waals surface area contributed by atoms with E-state index >= 15 is 0 Å². The molecule has 2 aromatic carbocycles. The highest BCUT2D eigenvalue weighted by Gasteiger charge is 2.55. The molecule has 0 aromatic heterocycles. The van der Waals surface area contributed by atoms with E-state index in [1.54, 1.807) is 0 Å². The van der Waals surface area contributed by atoms with E-state index in [1.807, 2.05) is 42.5 Å². The Labute approximate surface area is 179 Å². The maximum absolute atomic E-state index is 13.6. The van der Waals surface area contributed by atoms with Gasteiger partial charge in [0.25, 0.3) is 5.91 Å². The van der Waals surface area contributed by atoms with Crippen molar-refractivity contribution < 1.29 is 9.59 Å². The lowest BCUT2D eigenvalue weighted by Crippen LogP contribution is -2.61. The quantitative estimate of drug-likeness (QED) is 0.768. The molecular weight excluding hydrogens is 372 g/mol. The number of rotatable bonds is 6. The number of fused-ring (bicyclic) bond motifs is 1. The molecule has 2 aliphatic rings. The van der Waals surface area contributed by atoms with Crippen LogP contribution in [0.2, 0.25) is 0 Å². The first-order valence-corrected chi connectivity index (χ1v) is 11.3. The predicted molar refractivity (Wildman–Crippen MR) is 119 cm³/mol. The highest BCUT2D eigenvalue weighted by atomic mass is 16.2. The highest BCUT2D eigenvalue weighted by molar-refractivity contribution is 6.02. The number of hydrogen-bond acceptors (Lipinski definition) is 2. The van der Waals surface area contributed by atoms with Gasteiger partial charge in [-0.2, -0.15) is 0 Å². The minimum atomic E-state index is -0.396. The van der Waals surface area contributed by atoms with Crippen molar-refractivity contribution in [3.8, 4) is 0 Å². The molecule has 1 aliphatic heterocycles. The van der Waals surface area contributed by atoms with Gasteiger partial charge in [0.15, 0.2) is 0 Å². The molecular formula is C26H32N2O2. The second-order valence-electron chi connectivity index (χ2n) is 9.17. The lowest BCUT2D eigenvalue weighted by Gasteiger charge is -2.50. The van der Waals surface area contributed by atoms with Crippen LogP contribution in [0, 0.1) is 5.92 Å². The van der Waals surface area contributed by atoms with Crippen molar-refractivity contribution in [1.29, 1.82) is 0 Å². The van der Waals surface area contributed by atoms with Gasteiger partial charge in [0.05, 0.1) is 11.5 Å². The summed E-state index contributed by atoms with van der Waals surface area (Å²) in [5, 5.41) is 3.20. The maximum Gasteiger partial charge on any atom is 0.254 e. The van der Waals surface area contributed by atoms with E-state index in [0.717, 1.165) is 37.7 Å². The first kappa shape index (κ1) is 20.6. The summed E-state index contributed by atoms with van der Waals surface area (Å²) in [6.45, 7) is 5.59. The summed E-state index contributed by atoms with van der Waals surface area (Å²) in [6.07, 6.45) is 4.74. The largest absolute Gasteiger partial charge is 0.355 e. The van der Waals surface area contributed by atoms with Crippen molar-refractivity contribution in [2.45, 2.75) is 57.4 Å². The van der Waals surface area contributed by atoms with Gasteiger partial charge in [0.2, 0.25) is 5.91 Å². The molecule has 30 heavy (non-hydrogen) atoms. The molecule has 1 heterocycles. The Morgan fingerprint density at radius 3 is 2.43 bits per heavy atom. The summed E-state index contributed by atoms with van der Waals surface area (Å²) in [5.74, 6) is 0.206. The molecule has 4 heteroatoms. The fourth-order valence-corrected chi connectivity index (χ4v) is 5.37. The van der Waals surface area contributed by atoms with Gasteiger partial charge in [-0.1, -0.05) is 75.2 Å². The Hall–Kier alpha value is -2.62. The van der Waals surface area contributed by atoms with E-state index in [-0.39, 0.29) is 17.7 Å². The average Bonchev–Trinajstić information content (AvgIpc) is 3.22. The molecule has 2 aromatic rings. The molecule has 1 N–H and O–H groups in total. The number of benzene rings is 2. The smallest absolute Gasteiger partial charge is 0.254 e. The molecule has 158 valence electrons. The number of nitrogens with zero attached hydrogens (tertiary/aromatic N) is 1. The van der Waals surface area contributed by atoms with Gasteiger partial charge in [-0.05, 0) is 42.4 Å². The molecule has 4 rings (SSSR count). The summed E-state index contributed by atoms with van der Waals surface area (Å²) in [4.78, 5) is 29.1. The number of nitrogens with one attached hydrogen (secondary N) is 1. The van der Waals surface area contributed by atoms with Crippen molar-refractivity contribution >= 4 is 11.8 Å². The fourth-order valence-electron chi connectivity index (χ4n) is 5.37. The van der Waals surface area contributed by atoms with Crippen LogP contribution < -0.4 is 5.32 Å². The van der Waals surface area contributed by atoms with Crippen LogP contribution in [0.5, 0.6) is 0 Å². The molecule has 0 saturated heterocycles. The van der Waals surface area contributed by atoms with Crippen LogP contribution in [0.15, 0.2) is 54.6 Å². The second-order valence-corrected chi connectivity index (χ2v) is 9.17. The van der Waals surface area contributed by atoms with E-state index in [0.29, 0.717) is 24.6 Å². The summed E-state index contributed by atoms with van der Waals surface area (Å²) in [5.41, 5.74) is 2.42. The Bertz CT molecular complexity index is 900. The SMILES string of the molecule is CC(C)CN1C(=O)c2ccccc2C(C(=O)NCCc2ccccc2)C12CCCC2. The fraction of sp³-hybridized carbons (Fsp3) is 0.462. The number of hydrogen-bond donors (Lipinski definition) is 1. The Morgan fingerprint density at radius 1 is 1.07 bits per heavy atom. The molecule has 1 atom stereocenters. The van der Waals surface area contributed by atoms with E-state index < -0.39 is 5.54 Å². The molecule has 1 spiro atoms. The highest BCUT2D eigenvalue weighted by Crippen LogP contribution is 2.50. The van der Waals surface area contributed by atoms with Crippen LogP contribution in [-0.4, -0.2) is 35.3 Å². The maximum atomic E-state index is 13.6. The zero-order valence-corrected chi connectivity index (χ0v) is 18.1. The van der Waals surface area contributed by atoms with Crippen molar-refractivity contribution in [1.82, 2.24) is 10.2 Å². The van der Waals surface area contributed by atoms with Gasteiger partial charge in [-0.15, -0.1) is 0 Å².